The summed E-state index contributed by atoms with van der Waals surface area (Å²) in [5.41, 5.74) is 1.90. The second-order valence-electron chi connectivity index (χ2n) is 9.61. The van der Waals surface area contributed by atoms with Crippen molar-refractivity contribution in [2.24, 2.45) is 0 Å². The fourth-order valence-corrected chi connectivity index (χ4v) is 6.28. The maximum atomic E-state index is 12.6. The molecule has 0 bridgehead atoms. The van der Waals surface area contributed by atoms with Crippen molar-refractivity contribution in [3.8, 4) is 17.0 Å². The van der Waals surface area contributed by atoms with Crippen molar-refractivity contribution in [3.05, 3.63) is 46.1 Å². The van der Waals surface area contributed by atoms with E-state index >= 15 is 0 Å². The Bertz CT molecular complexity index is 1130. The van der Waals surface area contributed by atoms with Gasteiger partial charge in [-0.2, -0.15) is 5.10 Å². The molecule has 2 saturated heterocycles. The summed E-state index contributed by atoms with van der Waals surface area (Å²) in [6, 6.07) is 10.8. The number of ether oxygens (including phenoxy) is 1. The highest BCUT2D eigenvalue weighted by Gasteiger charge is 2.26. The quantitative estimate of drug-likeness (QED) is 0.388. The molecule has 4 heterocycles. The van der Waals surface area contributed by atoms with Crippen LogP contribution in [0, 0.1) is 0 Å². The molecule has 0 N–H and O–H groups in total. The van der Waals surface area contributed by atoms with Crippen molar-refractivity contribution in [3.63, 3.8) is 0 Å². The summed E-state index contributed by atoms with van der Waals surface area (Å²) in [4.78, 5) is 18.0. The highest BCUT2D eigenvalue weighted by Crippen LogP contribution is 2.30. The van der Waals surface area contributed by atoms with Gasteiger partial charge in [-0.05, 0) is 93.9 Å². The van der Waals surface area contributed by atoms with Crippen LogP contribution in [0.15, 0.2) is 40.5 Å². The molecule has 0 unspecified atom stereocenters. The van der Waals surface area contributed by atoms with Crippen LogP contribution in [0.3, 0.4) is 0 Å². The zero-order valence-electron chi connectivity index (χ0n) is 20.2. The number of thiophene rings is 1. The first-order chi connectivity index (χ1) is 16.7. The van der Waals surface area contributed by atoms with Crippen molar-refractivity contribution >= 4 is 21.4 Å². The average molecular weight is 481 g/mol. The largest absolute Gasteiger partial charge is 0.494 e. The highest BCUT2D eigenvalue weighted by atomic mass is 32.1. The molecule has 2 aliphatic heterocycles. The van der Waals surface area contributed by atoms with E-state index in [2.05, 4.69) is 28.9 Å². The van der Waals surface area contributed by atoms with Gasteiger partial charge >= 0.3 is 0 Å². The van der Waals surface area contributed by atoms with E-state index < -0.39 is 0 Å². The number of likely N-dealkylation sites (tertiary alicyclic amines) is 2. The van der Waals surface area contributed by atoms with Crippen molar-refractivity contribution < 1.29 is 4.74 Å². The van der Waals surface area contributed by atoms with Crippen LogP contribution in [0.25, 0.3) is 21.3 Å². The number of hydrogen-bond donors (Lipinski definition) is 0. The Kier molecular flexibility index (Phi) is 7.62. The number of benzene rings is 1. The first-order valence-corrected chi connectivity index (χ1v) is 13.8. The Morgan fingerprint density at radius 3 is 2.68 bits per heavy atom. The fourth-order valence-electron chi connectivity index (χ4n) is 5.39. The van der Waals surface area contributed by atoms with E-state index in [1.165, 1.54) is 51.9 Å². The van der Waals surface area contributed by atoms with Crippen molar-refractivity contribution in [2.45, 2.75) is 58.0 Å². The molecule has 7 heteroatoms. The highest BCUT2D eigenvalue weighted by molar-refractivity contribution is 7.17. The van der Waals surface area contributed by atoms with Crippen LogP contribution in [-0.4, -0.2) is 65.0 Å². The molecule has 3 aromatic rings. The van der Waals surface area contributed by atoms with Gasteiger partial charge in [0, 0.05) is 31.2 Å². The molecule has 1 aromatic carbocycles. The summed E-state index contributed by atoms with van der Waals surface area (Å²) in [6.45, 7) is 9.62. The van der Waals surface area contributed by atoms with Crippen LogP contribution in [0.5, 0.6) is 5.75 Å². The monoisotopic (exact) mass is 480 g/mol. The number of nitrogens with zero attached hydrogens (tertiary/aromatic N) is 4. The lowest BCUT2D eigenvalue weighted by molar-refractivity contribution is 0.178. The van der Waals surface area contributed by atoms with E-state index in [1.54, 1.807) is 16.0 Å². The maximum absolute atomic E-state index is 12.6. The molecule has 0 radical (unpaired) electrons. The number of fused-ring (bicyclic) bond motifs is 1. The Hall–Kier alpha value is -2.22. The van der Waals surface area contributed by atoms with E-state index in [0.717, 1.165) is 59.1 Å². The predicted octanol–water partition coefficient (Wildman–Crippen LogP) is 4.86. The third-order valence-corrected chi connectivity index (χ3v) is 8.08. The second-order valence-corrected chi connectivity index (χ2v) is 10.5. The van der Waals surface area contributed by atoms with E-state index in [1.807, 2.05) is 23.6 Å². The number of hydrogen-bond acceptors (Lipinski definition) is 6. The SMILES string of the molecule is CCCn1nc(-c2ccc(OCCCN3CCC[C@H]3CN3CCCC3)cc2)c2sccc2c1=O. The van der Waals surface area contributed by atoms with Gasteiger partial charge in [0.05, 0.1) is 16.7 Å². The summed E-state index contributed by atoms with van der Waals surface area (Å²) in [7, 11) is 0. The van der Waals surface area contributed by atoms with E-state index in [0.29, 0.717) is 6.54 Å². The second kappa shape index (κ2) is 11.0. The molecule has 6 nitrogen and oxygen atoms in total. The molecular formula is C27H36N4O2S. The number of aromatic nitrogens is 2. The zero-order valence-corrected chi connectivity index (χ0v) is 21.1. The molecule has 0 spiro atoms. The van der Waals surface area contributed by atoms with Crippen LogP contribution >= 0.6 is 11.3 Å². The van der Waals surface area contributed by atoms with Crippen LogP contribution in [0.2, 0.25) is 0 Å². The molecule has 2 fully saturated rings. The summed E-state index contributed by atoms with van der Waals surface area (Å²) < 4.78 is 8.63. The van der Waals surface area contributed by atoms with Gasteiger partial charge in [-0.15, -0.1) is 11.3 Å². The third kappa shape index (κ3) is 5.21. The van der Waals surface area contributed by atoms with Crippen LogP contribution in [-0.2, 0) is 6.54 Å². The summed E-state index contributed by atoms with van der Waals surface area (Å²) in [5.74, 6) is 0.892. The van der Waals surface area contributed by atoms with E-state index in [4.69, 9.17) is 9.84 Å². The lowest BCUT2D eigenvalue weighted by atomic mass is 10.1. The average Bonchev–Trinajstić information content (AvgIpc) is 3.62. The topological polar surface area (TPSA) is 50.6 Å². The van der Waals surface area contributed by atoms with Gasteiger partial charge in [0.15, 0.2) is 0 Å². The number of rotatable bonds is 10. The van der Waals surface area contributed by atoms with Crippen molar-refractivity contribution in [2.75, 3.05) is 39.3 Å². The molecule has 2 aliphatic rings. The summed E-state index contributed by atoms with van der Waals surface area (Å²) in [5, 5.41) is 7.42. The maximum Gasteiger partial charge on any atom is 0.275 e. The van der Waals surface area contributed by atoms with Gasteiger partial charge in [0.25, 0.3) is 5.56 Å². The minimum atomic E-state index is 0.00229. The predicted molar refractivity (Wildman–Crippen MR) is 140 cm³/mol. The standard InChI is InChI=1S/C27H36N4O2S/c1-2-13-31-27(32)24-12-19-34-26(24)25(28-31)21-8-10-23(11-9-21)33-18-6-17-30-16-5-7-22(30)20-29-14-3-4-15-29/h8-12,19,22H,2-7,13-18,20H2,1H3/t22-/m0/s1. The van der Waals surface area contributed by atoms with Gasteiger partial charge in [-0.25, -0.2) is 4.68 Å². The molecule has 0 amide bonds. The normalized spacial score (nSPS) is 19.4. The van der Waals surface area contributed by atoms with Crippen molar-refractivity contribution in [1.29, 1.82) is 0 Å². The minimum absolute atomic E-state index is 0.00229. The Morgan fingerprint density at radius 2 is 1.88 bits per heavy atom. The fraction of sp³-hybridized carbons (Fsp3) is 0.556. The molecule has 34 heavy (non-hydrogen) atoms. The lowest BCUT2D eigenvalue weighted by Crippen LogP contribution is -2.40. The van der Waals surface area contributed by atoms with Gasteiger partial charge in [0.2, 0.25) is 0 Å². The third-order valence-electron chi connectivity index (χ3n) is 7.15. The van der Waals surface area contributed by atoms with E-state index in [-0.39, 0.29) is 5.56 Å². The zero-order chi connectivity index (χ0) is 23.3. The van der Waals surface area contributed by atoms with Gasteiger partial charge in [-0.3, -0.25) is 9.69 Å². The molecule has 182 valence electrons. The first-order valence-electron chi connectivity index (χ1n) is 12.9. The summed E-state index contributed by atoms with van der Waals surface area (Å²) in [6.07, 6.45) is 7.35. The van der Waals surface area contributed by atoms with Gasteiger partial charge in [0.1, 0.15) is 11.4 Å². The molecular weight excluding hydrogens is 444 g/mol. The van der Waals surface area contributed by atoms with E-state index in [9.17, 15) is 4.79 Å². The molecule has 0 aliphatic carbocycles. The number of aryl methyl sites for hydroxylation is 1. The molecule has 5 rings (SSSR count). The van der Waals surface area contributed by atoms with Gasteiger partial charge in [-0.1, -0.05) is 6.92 Å². The van der Waals surface area contributed by atoms with Crippen LogP contribution < -0.4 is 10.3 Å². The molecule has 0 saturated carbocycles. The Balaban J connectivity index is 1.17. The summed E-state index contributed by atoms with van der Waals surface area (Å²) >= 11 is 1.58. The molecule has 2 aromatic heterocycles. The Morgan fingerprint density at radius 1 is 1.06 bits per heavy atom. The van der Waals surface area contributed by atoms with Crippen molar-refractivity contribution in [1.82, 2.24) is 19.6 Å². The van der Waals surface area contributed by atoms with Crippen LogP contribution in [0.1, 0.15) is 45.4 Å². The minimum Gasteiger partial charge on any atom is -0.494 e. The first kappa shape index (κ1) is 23.5. The smallest absolute Gasteiger partial charge is 0.275 e. The Labute approximate surface area is 206 Å². The van der Waals surface area contributed by atoms with Gasteiger partial charge < -0.3 is 9.64 Å². The lowest BCUT2D eigenvalue weighted by Gasteiger charge is -2.28. The van der Waals surface area contributed by atoms with Crippen LogP contribution in [0.4, 0.5) is 0 Å². The molecule has 1 atom stereocenters.